The molecule has 1 saturated heterocycles. The van der Waals surface area contributed by atoms with Gasteiger partial charge in [-0.3, -0.25) is 4.79 Å². The van der Waals surface area contributed by atoms with E-state index in [2.05, 4.69) is 25.3 Å². The van der Waals surface area contributed by atoms with Crippen molar-refractivity contribution >= 4 is 11.9 Å². The lowest BCUT2D eigenvalue weighted by Crippen LogP contribution is -2.53. The third-order valence-corrected chi connectivity index (χ3v) is 4.41. The number of amides is 1. The number of hydrogen-bond acceptors (Lipinski definition) is 6. The van der Waals surface area contributed by atoms with Gasteiger partial charge in [-0.1, -0.05) is 25.9 Å². The molecule has 1 amide bonds. The van der Waals surface area contributed by atoms with E-state index in [0.717, 1.165) is 12.5 Å². The van der Waals surface area contributed by atoms with E-state index in [-0.39, 0.29) is 11.3 Å². The van der Waals surface area contributed by atoms with Crippen molar-refractivity contribution < 1.29 is 13.7 Å². The molecule has 2 aromatic heterocycles. The maximum absolute atomic E-state index is 12.4. The Bertz CT molecular complexity index is 798. The van der Waals surface area contributed by atoms with Crippen molar-refractivity contribution in [3.63, 3.8) is 0 Å². The topological polar surface area (TPSA) is 100 Å². The zero-order valence-corrected chi connectivity index (χ0v) is 16.9. The maximum Gasteiger partial charge on any atom is 0.289 e. The summed E-state index contributed by atoms with van der Waals surface area (Å²) in [5.74, 6) is 2.25. The summed E-state index contributed by atoms with van der Waals surface area (Å²) < 4.78 is 10.5. The fraction of sp³-hybridized carbons (Fsp3) is 0.579. The molecule has 152 valence electrons. The van der Waals surface area contributed by atoms with Crippen LogP contribution >= 0.6 is 0 Å². The molecule has 0 spiro atoms. The number of rotatable bonds is 4. The average Bonchev–Trinajstić information content (AvgIpc) is 3.36. The number of nitrogens with one attached hydrogen (secondary N) is 1. The van der Waals surface area contributed by atoms with E-state index >= 15 is 0 Å². The molecular weight excluding hydrogens is 360 g/mol. The van der Waals surface area contributed by atoms with Gasteiger partial charge in [0.05, 0.1) is 6.26 Å². The Kier molecular flexibility index (Phi) is 6.01. The Balaban J connectivity index is 1.60. The van der Waals surface area contributed by atoms with Crippen molar-refractivity contribution in [2.75, 3.05) is 32.7 Å². The van der Waals surface area contributed by atoms with Crippen LogP contribution in [0, 0.1) is 0 Å². The standard InChI is InChI=1S/C19H28N6O3/c1-5-20-18(21-13-15-22-17(28-23-15)19(2,3)4)25-10-8-24(9-11-25)16(26)14-7-6-12-27-14/h6-7,12H,5,8-11,13H2,1-4H3,(H,20,21). The van der Waals surface area contributed by atoms with Crippen LogP contribution < -0.4 is 5.32 Å². The van der Waals surface area contributed by atoms with Crippen LogP contribution in [-0.2, 0) is 12.0 Å². The molecule has 0 atom stereocenters. The molecule has 0 aromatic carbocycles. The smallest absolute Gasteiger partial charge is 0.289 e. The molecule has 1 aliphatic rings. The molecular formula is C19H28N6O3. The Hall–Kier alpha value is -2.84. The Morgan fingerprint density at radius 1 is 1.25 bits per heavy atom. The molecule has 3 heterocycles. The van der Waals surface area contributed by atoms with Gasteiger partial charge in [0.2, 0.25) is 5.89 Å². The van der Waals surface area contributed by atoms with Gasteiger partial charge in [0.15, 0.2) is 17.5 Å². The zero-order valence-electron chi connectivity index (χ0n) is 16.9. The number of carbonyl (C=O) groups excluding carboxylic acids is 1. The van der Waals surface area contributed by atoms with Crippen LogP contribution in [0.2, 0.25) is 0 Å². The molecule has 2 aromatic rings. The second kappa shape index (κ2) is 8.45. The zero-order chi connectivity index (χ0) is 20.1. The maximum atomic E-state index is 12.4. The predicted octanol–water partition coefficient (Wildman–Crippen LogP) is 1.88. The van der Waals surface area contributed by atoms with Crippen molar-refractivity contribution in [2.24, 2.45) is 4.99 Å². The molecule has 0 aliphatic carbocycles. The van der Waals surface area contributed by atoms with E-state index in [0.29, 0.717) is 50.2 Å². The number of nitrogens with zero attached hydrogens (tertiary/aromatic N) is 5. The number of hydrogen-bond donors (Lipinski definition) is 1. The molecule has 0 unspecified atom stereocenters. The quantitative estimate of drug-likeness (QED) is 0.630. The minimum Gasteiger partial charge on any atom is -0.459 e. The number of guanidine groups is 1. The molecule has 1 fully saturated rings. The Morgan fingerprint density at radius 3 is 2.54 bits per heavy atom. The fourth-order valence-corrected chi connectivity index (χ4v) is 2.87. The van der Waals surface area contributed by atoms with Crippen molar-refractivity contribution in [3.8, 4) is 0 Å². The van der Waals surface area contributed by atoms with Gasteiger partial charge in [-0.15, -0.1) is 0 Å². The summed E-state index contributed by atoms with van der Waals surface area (Å²) in [7, 11) is 0. The van der Waals surface area contributed by atoms with Crippen LogP contribution in [0.25, 0.3) is 0 Å². The van der Waals surface area contributed by atoms with Crippen LogP contribution in [0.5, 0.6) is 0 Å². The van der Waals surface area contributed by atoms with Crippen LogP contribution in [0.4, 0.5) is 0 Å². The SMILES string of the molecule is CCNC(=NCc1noc(C(C)(C)C)n1)N1CCN(C(=O)c2ccco2)CC1. The second-order valence-corrected chi connectivity index (χ2v) is 7.69. The molecule has 0 radical (unpaired) electrons. The van der Waals surface area contributed by atoms with E-state index < -0.39 is 0 Å². The lowest BCUT2D eigenvalue weighted by atomic mass is 9.97. The first-order valence-corrected chi connectivity index (χ1v) is 9.57. The molecule has 3 rings (SSSR count). The third kappa shape index (κ3) is 4.71. The highest BCUT2D eigenvalue weighted by molar-refractivity contribution is 5.91. The number of carbonyl (C=O) groups is 1. The first-order valence-electron chi connectivity index (χ1n) is 9.57. The van der Waals surface area contributed by atoms with Crippen molar-refractivity contribution in [1.29, 1.82) is 0 Å². The molecule has 9 nitrogen and oxygen atoms in total. The van der Waals surface area contributed by atoms with Crippen molar-refractivity contribution in [3.05, 3.63) is 35.9 Å². The highest BCUT2D eigenvalue weighted by Crippen LogP contribution is 2.19. The minimum atomic E-state index is -0.184. The fourth-order valence-electron chi connectivity index (χ4n) is 2.87. The number of furan rings is 1. The number of aliphatic imine (C=N–C) groups is 1. The van der Waals surface area contributed by atoms with Crippen molar-refractivity contribution in [2.45, 2.75) is 39.7 Å². The highest BCUT2D eigenvalue weighted by atomic mass is 16.5. The molecule has 28 heavy (non-hydrogen) atoms. The molecule has 1 N–H and O–H groups in total. The molecule has 0 bridgehead atoms. The molecule has 9 heteroatoms. The summed E-state index contributed by atoms with van der Waals surface area (Å²) in [4.78, 5) is 25.4. The van der Waals surface area contributed by atoms with Gasteiger partial charge in [0, 0.05) is 38.1 Å². The first kappa shape index (κ1) is 19.9. The number of aromatic nitrogens is 2. The lowest BCUT2D eigenvalue weighted by molar-refractivity contribution is 0.0657. The summed E-state index contributed by atoms with van der Waals surface area (Å²) in [6.07, 6.45) is 1.52. The van der Waals surface area contributed by atoms with Crippen LogP contribution in [-0.4, -0.2) is 64.5 Å². The van der Waals surface area contributed by atoms with Gasteiger partial charge in [-0.05, 0) is 19.1 Å². The predicted molar refractivity (Wildman–Crippen MR) is 104 cm³/mol. The largest absolute Gasteiger partial charge is 0.459 e. The third-order valence-electron chi connectivity index (χ3n) is 4.41. The van der Waals surface area contributed by atoms with Crippen molar-refractivity contribution in [1.82, 2.24) is 25.3 Å². The summed E-state index contributed by atoms with van der Waals surface area (Å²) in [5, 5.41) is 7.32. The number of piperazine rings is 1. The monoisotopic (exact) mass is 388 g/mol. The van der Waals surface area contributed by atoms with E-state index in [9.17, 15) is 4.79 Å². The molecule has 1 aliphatic heterocycles. The van der Waals surface area contributed by atoms with Gasteiger partial charge in [-0.2, -0.15) is 4.98 Å². The second-order valence-electron chi connectivity index (χ2n) is 7.69. The van der Waals surface area contributed by atoms with Gasteiger partial charge >= 0.3 is 0 Å². The molecule has 0 saturated carbocycles. The Labute approximate surface area is 164 Å². The summed E-state index contributed by atoms with van der Waals surface area (Å²) >= 11 is 0. The van der Waals surface area contributed by atoms with Gasteiger partial charge < -0.3 is 24.1 Å². The van der Waals surface area contributed by atoms with E-state index in [1.165, 1.54) is 6.26 Å². The summed E-state index contributed by atoms with van der Waals surface area (Å²) in [6.45, 7) is 11.8. The lowest BCUT2D eigenvalue weighted by Gasteiger charge is -2.36. The summed E-state index contributed by atoms with van der Waals surface area (Å²) in [5.41, 5.74) is -0.184. The van der Waals surface area contributed by atoms with Crippen LogP contribution in [0.3, 0.4) is 0 Å². The van der Waals surface area contributed by atoms with Gasteiger partial charge in [-0.25, -0.2) is 4.99 Å². The van der Waals surface area contributed by atoms with Gasteiger partial charge in [0.25, 0.3) is 5.91 Å². The van der Waals surface area contributed by atoms with E-state index in [1.807, 2.05) is 27.7 Å². The average molecular weight is 388 g/mol. The van der Waals surface area contributed by atoms with E-state index in [1.54, 1.807) is 17.0 Å². The van der Waals surface area contributed by atoms with E-state index in [4.69, 9.17) is 8.94 Å². The van der Waals surface area contributed by atoms with Crippen LogP contribution in [0.1, 0.15) is 50.0 Å². The normalized spacial score (nSPS) is 15.8. The van der Waals surface area contributed by atoms with Gasteiger partial charge in [0.1, 0.15) is 6.54 Å². The first-order chi connectivity index (χ1) is 13.4. The minimum absolute atomic E-state index is 0.0758. The summed E-state index contributed by atoms with van der Waals surface area (Å²) in [6, 6.07) is 3.42. The van der Waals surface area contributed by atoms with Crippen LogP contribution in [0.15, 0.2) is 32.3 Å². The highest BCUT2D eigenvalue weighted by Gasteiger charge is 2.25. The Morgan fingerprint density at radius 2 is 1.96 bits per heavy atom.